The number of imidazole rings is 1. The summed E-state index contributed by atoms with van der Waals surface area (Å²) in [5, 5.41) is 9.84. The van der Waals surface area contributed by atoms with Crippen LogP contribution in [-0.2, 0) is 4.79 Å². The highest BCUT2D eigenvalue weighted by atomic mass is 19.1. The summed E-state index contributed by atoms with van der Waals surface area (Å²) in [5.41, 5.74) is 1.35. The smallest absolute Gasteiger partial charge is 0.220 e. The zero-order valence-corrected chi connectivity index (χ0v) is 20.7. The molecule has 3 N–H and O–H groups in total. The van der Waals surface area contributed by atoms with Crippen LogP contribution in [0.2, 0.25) is 0 Å². The minimum absolute atomic E-state index is 0.0660. The van der Waals surface area contributed by atoms with Crippen molar-refractivity contribution >= 4 is 11.6 Å². The quantitative estimate of drug-likeness (QED) is 0.452. The van der Waals surface area contributed by atoms with Gasteiger partial charge in [0.05, 0.1) is 11.9 Å². The molecule has 1 amide bonds. The molecule has 1 aliphatic carbocycles. The van der Waals surface area contributed by atoms with Crippen LogP contribution in [-0.4, -0.2) is 33.8 Å². The third-order valence-corrected chi connectivity index (χ3v) is 6.04. The lowest BCUT2D eigenvalue weighted by Gasteiger charge is -2.32. The monoisotopic (exact) mass is 452 g/mol. The average Bonchev–Trinajstić information content (AvgIpc) is 3.16. The van der Waals surface area contributed by atoms with E-state index in [2.05, 4.69) is 29.1 Å². The Kier molecular flexibility index (Phi) is 11.8. The summed E-state index contributed by atoms with van der Waals surface area (Å²) < 4.78 is 27.7. The number of carbonyl (C=O) groups is 1. The second-order valence-electron chi connectivity index (χ2n) is 9.55. The lowest BCUT2D eigenvalue weighted by atomic mass is 9.78. The SMILES string of the molecule is CC1CCC(=O)NC1.CCC(C)=CC(C)=N.Cc1ncc(C(F)C2CCC(C)(F)CC2)[nH]1. The second kappa shape index (κ2) is 13.5. The van der Waals surface area contributed by atoms with Gasteiger partial charge in [0.15, 0.2) is 0 Å². The molecule has 0 aromatic carbocycles. The van der Waals surface area contributed by atoms with Crippen molar-refractivity contribution in [2.75, 3.05) is 6.54 Å². The van der Waals surface area contributed by atoms with Crippen molar-refractivity contribution < 1.29 is 13.6 Å². The molecule has 1 saturated heterocycles. The molecule has 7 heteroatoms. The molecule has 32 heavy (non-hydrogen) atoms. The molecule has 0 spiro atoms. The van der Waals surface area contributed by atoms with Crippen LogP contribution in [0.5, 0.6) is 0 Å². The maximum Gasteiger partial charge on any atom is 0.220 e. The van der Waals surface area contributed by atoms with E-state index in [1.807, 2.05) is 13.0 Å². The number of halogens is 2. The molecule has 1 aliphatic heterocycles. The number of aromatic nitrogens is 2. The van der Waals surface area contributed by atoms with Gasteiger partial charge in [-0.2, -0.15) is 0 Å². The third kappa shape index (κ3) is 11.0. The highest BCUT2D eigenvalue weighted by molar-refractivity contribution is 5.90. The Labute approximate surface area is 192 Å². The molecule has 0 radical (unpaired) electrons. The number of alkyl halides is 2. The number of hydrogen-bond acceptors (Lipinski definition) is 3. The Morgan fingerprint density at radius 1 is 1.34 bits per heavy atom. The lowest BCUT2D eigenvalue weighted by Crippen LogP contribution is -2.33. The minimum Gasteiger partial charge on any atom is -0.356 e. The summed E-state index contributed by atoms with van der Waals surface area (Å²) in [6, 6.07) is 0. The predicted octanol–water partition coefficient (Wildman–Crippen LogP) is 6.56. The lowest BCUT2D eigenvalue weighted by molar-refractivity contribution is -0.122. The molecule has 5 nitrogen and oxygen atoms in total. The summed E-state index contributed by atoms with van der Waals surface area (Å²) in [6.45, 7) is 12.4. The minimum atomic E-state index is -1.10. The average molecular weight is 453 g/mol. The van der Waals surface area contributed by atoms with Crippen LogP contribution in [0.15, 0.2) is 17.8 Å². The van der Waals surface area contributed by atoms with Crippen LogP contribution in [0.1, 0.15) is 97.3 Å². The van der Waals surface area contributed by atoms with Crippen molar-refractivity contribution in [3.63, 3.8) is 0 Å². The van der Waals surface area contributed by atoms with E-state index in [1.54, 1.807) is 27.0 Å². The van der Waals surface area contributed by atoms with Crippen molar-refractivity contribution in [1.29, 1.82) is 5.41 Å². The topological polar surface area (TPSA) is 81.6 Å². The summed E-state index contributed by atoms with van der Waals surface area (Å²) in [6.07, 6.45) is 7.40. The van der Waals surface area contributed by atoms with E-state index in [0.717, 1.165) is 31.6 Å². The molecule has 1 aromatic rings. The van der Waals surface area contributed by atoms with Gasteiger partial charge in [0.1, 0.15) is 17.7 Å². The zero-order chi connectivity index (χ0) is 24.3. The maximum absolute atomic E-state index is 14.1. The van der Waals surface area contributed by atoms with Crippen LogP contribution in [0.25, 0.3) is 0 Å². The summed E-state index contributed by atoms with van der Waals surface area (Å²) in [4.78, 5) is 17.4. The van der Waals surface area contributed by atoms with Gasteiger partial charge in [-0.3, -0.25) is 4.79 Å². The molecule has 2 unspecified atom stereocenters. The highest BCUT2D eigenvalue weighted by Gasteiger charge is 2.35. The van der Waals surface area contributed by atoms with E-state index in [4.69, 9.17) is 5.41 Å². The van der Waals surface area contributed by atoms with Gasteiger partial charge in [-0.25, -0.2) is 13.8 Å². The number of nitrogens with one attached hydrogen (secondary N) is 3. The number of piperidine rings is 1. The number of aromatic amines is 1. The summed E-state index contributed by atoms with van der Waals surface area (Å²) in [7, 11) is 0. The second-order valence-corrected chi connectivity index (χ2v) is 9.55. The first kappa shape index (κ1) is 28.0. The van der Waals surface area contributed by atoms with Gasteiger partial charge < -0.3 is 15.7 Å². The number of aryl methyl sites for hydroxylation is 1. The molecule has 2 heterocycles. The Bertz CT molecular complexity index is 737. The first-order valence-corrected chi connectivity index (χ1v) is 11.8. The van der Waals surface area contributed by atoms with E-state index in [1.165, 1.54) is 5.57 Å². The zero-order valence-electron chi connectivity index (χ0n) is 20.7. The number of rotatable bonds is 4. The van der Waals surface area contributed by atoms with Crippen LogP contribution in [0, 0.1) is 24.2 Å². The van der Waals surface area contributed by atoms with E-state index >= 15 is 0 Å². The molecule has 3 rings (SSSR count). The molecule has 1 aromatic heterocycles. The van der Waals surface area contributed by atoms with Gasteiger partial charge in [-0.05, 0) is 84.1 Å². The Morgan fingerprint density at radius 3 is 2.34 bits per heavy atom. The number of allylic oxidation sites excluding steroid dienone is 2. The van der Waals surface area contributed by atoms with Crippen molar-refractivity contribution in [2.24, 2.45) is 11.8 Å². The van der Waals surface area contributed by atoms with Gasteiger partial charge in [0.2, 0.25) is 5.91 Å². The first-order chi connectivity index (χ1) is 14.9. The number of nitrogens with zero attached hydrogens (tertiary/aromatic N) is 1. The summed E-state index contributed by atoms with van der Waals surface area (Å²) in [5.74, 6) is 1.56. The number of amides is 1. The van der Waals surface area contributed by atoms with Crippen LogP contribution in [0.4, 0.5) is 8.78 Å². The van der Waals surface area contributed by atoms with Crippen molar-refractivity contribution in [1.82, 2.24) is 15.3 Å². The van der Waals surface area contributed by atoms with E-state index in [9.17, 15) is 13.6 Å². The molecule has 0 bridgehead atoms. The standard InChI is InChI=1S/C12H18F2N2.C7H13N.C6H11NO/c1-8-15-7-10(16-8)11(13)9-3-5-12(2,14)6-4-9;1-4-6(2)5-7(3)8;1-5-2-3-6(8)7-4-5/h7,9,11H,3-6H2,1-2H3,(H,15,16);5,8H,4H2,1-3H3;5H,2-4H2,1H3,(H,7,8). The molecular weight excluding hydrogens is 410 g/mol. The van der Waals surface area contributed by atoms with Crippen LogP contribution >= 0.6 is 0 Å². The van der Waals surface area contributed by atoms with Crippen molar-refractivity contribution in [3.8, 4) is 0 Å². The number of hydrogen-bond donors (Lipinski definition) is 3. The van der Waals surface area contributed by atoms with E-state index in [0.29, 0.717) is 43.0 Å². The highest BCUT2D eigenvalue weighted by Crippen LogP contribution is 2.41. The Morgan fingerprint density at radius 2 is 1.97 bits per heavy atom. The Balaban J connectivity index is 0.000000270. The third-order valence-electron chi connectivity index (χ3n) is 6.04. The van der Waals surface area contributed by atoms with Crippen LogP contribution in [0.3, 0.4) is 0 Å². The molecule has 2 atom stereocenters. The van der Waals surface area contributed by atoms with Crippen molar-refractivity contribution in [3.05, 3.63) is 29.4 Å². The molecule has 2 aliphatic rings. The van der Waals surface area contributed by atoms with Gasteiger partial charge in [-0.1, -0.05) is 19.4 Å². The number of H-pyrrole nitrogens is 1. The first-order valence-electron chi connectivity index (χ1n) is 11.8. The Hall–Kier alpha value is -2.05. The number of carbonyl (C=O) groups excluding carboxylic acids is 1. The fraction of sp³-hybridized carbons (Fsp3) is 0.720. The fourth-order valence-corrected chi connectivity index (χ4v) is 3.70. The normalized spacial score (nSPS) is 26.6. The fourth-order valence-electron chi connectivity index (χ4n) is 3.70. The largest absolute Gasteiger partial charge is 0.356 e. The predicted molar refractivity (Wildman–Crippen MR) is 128 cm³/mol. The van der Waals surface area contributed by atoms with Gasteiger partial charge in [-0.15, -0.1) is 0 Å². The molecule has 182 valence electrons. The van der Waals surface area contributed by atoms with E-state index < -0.39 is 11.8 Å². The van der Waals surface area contributed by atoms with E-state index in [-0.39, 0.29) is 11.8 Å². The summed E-state index contributed by atoms with van der Waals surface area (Å²) >= 11 is 0. The van der Waals surface area contributed by atoms with Crippen LogP contribution < -0.4 is 5.32 Å². The molecule has 1 saturated carbocycles. The maximum atomic E-state index is 14.1. The van der Waals surface area contributed by atoms with Gasteiger partial charge in [0, 0.05) is 18.7 Å². The van der Waals surface area contributed by atoms with Crippen molar-refractivity contribution in [2.45, 2.75) is 98.3 Å². The molecule has 2 fully saturated rings. The molecular formula is C25H42F2N4O. The van der Waals surface area contributed by atoms with Gasteiger partial charge in [0.25, 0.3) is 0 Å². The van der Waals surface area contributed by atoms with Gasteiger partial charge >= 0.3 is 0 Å².